The first-order valence-corrected chi connectivity index (χ1v) is 4.13. The number of nitrogens with two attached hydrogens (primary N) is 1. The molecule has 2 atom stereocenters. The van der Waals surface area contributed by atoms with Gasteiger partial charge in [0.1, 0.15) is 6.04 Å². The molecule has 3 N–H and O–H groups in total. The van der Waals surface area contributed by atoms with Gasteiger partial charge in [-0.3, -0.25) is 9.59 Å². The molecule has 0 aromatic rings. The molecule has 0 fully saturated rings. The lowest BCUT2D eigenvalue weighted by Crippen LogP contribution is -2.49. The Morgan fingerprint density at radius 2 is 1.77 bits per heavy atom. The van der Waals surface area contributed by atoms with E-state index in [4.69, 9.17) is 5.73 Å². The molecule has 2 amide bonds. The molecule has 2 unspecified atom stereocenters. The van der Waals surface area contributed by atoms with Crippen LogP contribution in [-0.2, 0) is 9.59 Å². The van der Waals surface area contributed by atoms with Crippen molar-refractivity contribution in [1.82, 2.24) is 10.2 Å². The second-order valence-electron chi connectivity index (χ2n) is 3.25. The number of hydrogen-bond donors (Lipinski definition) is 2. The van der Waals surface area contributed by atoms with Crippen molar-refractivity contribution in [3.05, 3.63) is 0 Å². The summed E-state index contributed by atoms with van der Waals surface area (Å²) < 4.78 is 0. The van der Waals surface area contributed by atoms with Crippen molar-refractivity contribution in [1.29, 1.82) is 0 Å². The lowest BCUT2D eigenvalue weighted by atomic mass is 10.2. The lowest BCUT2D eigenvalue weighted by Gasteiger charge is -2.18. The summed E-state index contributed by atoms with van der Waals surface area (Å²) in [6, 6.07) is -1.11. The number of carbonyl (C=O) groups excluding carboxylic acids is 2. The molecule has 0 saturated heterocycles. The van der Waals surface area contributed by atoms with Crippen LogP contribution in [0.3, 0.4) is 0 Å². The number of likely N-dealkylation sites (N-methyl/N-ethyl adjacent to an activating group) is 1. The molecule has 0 bridgehead atoms. The average molecular weight is 187 g/mol. The van der Waals surface area contributed by atoms with Crippen LogP contribution in [0, 0.1) is 0 Å². The molecule has 5 nitrogen and oxygen atoms in total. The Hall–Kier alpha value is -1.10. The van der Waals surface area contributed by atoms with E-state index in [1.807, 2.05) is 0 Å². The minimum Gasteiger partial charge on any atom is -0.347 e. The van der Waals surface area contributed by atoms with Crippen LogP contribution >= 0.6 is 0 Å². The van der Waals surface area contributed by atoms with Gasteiger partial charge in [-0.2, -0.15) is 0 Å². The van der Waals surface area contributed by atoms with Crippen molar-refractivity contribution < 1.29 is 9.59 Å². The van der Waals surface area contributed by atoms with Gasteiger partial charge in [-0.1, -0.05) is 0 Å². The van der Waals surface area contributed by atoms with Gasteiger partial charge in [-0.25, -0.2) is 0 Å². The van der Waals surface area contributed by atoms with Crippen molar-refractivity contribution in [3.8, 4) is 0 Å². The predicted octanol–water partition coefficient (Wildman–Crippen LogP) is -1.07. The molecule has 13 heavy (non-hydrogen) atoms. The van der Waals surface area contributed by atoms with E-state index in [1.165, 1.54) is 4.90 Å². The maximum atomic E-state index is 11.3. The van der Waals surface area contributed by atoms with E-state index in [0.29, 0.717) is 0 Å². The highest BCUT2D eigenvalue weighted by atomic mass is 16.2. The van der Waals surface area contributed by atoms with Gasteiger partial charge in [-0.05, 0) is 13.8 Å². The zero-order valence-corrected chi connectivity index (χ0v) is 8.50. The number of rotatable bonds is 3. The molecule has 0 heterocycles. The fraction of sp³-hybridized carbons (Fsp3) is 0.750. The highest BCUT2D eigenvalue weighted by Crippen LogP contribution is 1.89. The van der Waals surface area contributed by atoms with Gasteiger partial charge in [0.25, 0.3) is 0 Å². The third-order valence-corrected chi connectivity index (χ3v) is 1.58. The van der Waals surface area contributed by atoms with Gasteiger partial charge in [0, 0.05) is 14.1 Å². The first kappa shape index (κ1) is 11.9. The fourth-order valence-electron chi connectivity index (χ4n) is 0.794. The molecular weight excluding hydrogens is 170 g/mol. The van der Waals surface area contributed by atoms with Crippen LogP contribution in [0.4, 0.5) is 0 Å². The van der Waals surface area contributed by atoms with Crippen LogP contribution in [0.25, 0.3) is 0 Å². The first-order chi connectivity index (χ1) is 5.86. The van der Waals surface area contributed by atoms with Gasteiger partial charge in [-0.15, -0.1) is 0 Å². The average Bonchev–Trinajstić information content (AvgIpc) is 2.02. The predicted molar refractivity (Wildman–Crippen MR) is 49.9 cm³/mol. The molecule has 5 heteroatoms. The second-order valence-corrected chi connectivity index (χ2v) is 3.25. The highest BCUT2D eigenvalue weighted by molar-refractivity contribution is 5.88. The van der Waals surface area contributed by atoms with Crippen LogP contribution in [0.5, 0.6) is 0 Å². The summed E-state index contributed by atoms with van der Waals surface area (Å²) in [6.07, 6.45) is 0. The van der Waals surface area contributed by atoms with E-state index in [-0.39, 0.29) is 11.8 Å². The van der Waals surface area contributed by atoms with Gasteiger partial charge >= 0.3 is 0 Å². The lowest BCUT2D eigenvalue weighted by molar-refractivity contribution is -0.134. The van der Waals surface area contributed by atoms with Gasteiger partial charge in [0.05, 0.1) is 6.04 Å². The summed E-state index contributed by atoms with van der Waals surface area (Å²) in [5.74, 6) is -0.461. The summed E-state index contributed by atoms with van der Waals surface area (Å²) in [6.45, 7) is 3.20. The zero-order chi connectivity index (χ0) is 10.6. The Morgan fingerprint density at radius 1 is 1.31 bits per heavy atom. The molecule has 0 radical (unpaired) electrons. The Kier molecular flexibility index (Phi) is 4.40. The number of nitrogens with one attached hydrogen (secondary N) is 1. The number of amides is 2. The van der Waals surface area contributed by atoms with Crippen LogP contribution < -0.4 is 11.1 Å². The first-order valence-electron chi connectivity index (χ1n) is 4.13. The minimum atomic E-state index is -0.586. The molecule has 0 aromatic carbocycles. The molecule has 0 aliphatic rings. The van der Waals surface area contributed by atoms with E-state index < -0.39 is 12.1 Å². The van der Waals surface area contributed by atoms with Crippen molar-refractivity contribution in [2.24, 2.45) is 5.73 Å². The van der Waals surface area contributed by atoms with Crippen molar-refractivity contribution in [3.63, 3.8) is 0 Å². The minimum absolute atomic E-state index is 0.144. The molecule has 0 aliphatic heterocycles. The molecular formula is C8H17N3O2. The van der Waals surface area contributed by atoms with E-state index >= 15 is 0 Å². The zero-order valence-electron chi connectivity index (χ0n) is 8.50. The normalized spacial score (nSPS) is 14.5. The number of carbonyl (C=O) groups is 2. The third kappa shape index (κ3) is 3.89. The van der Waals surface area contributed by atoms with E-state index in [2.05, 4.69) is 5.32 Å². The smallest absolute Gasteiger partial charge is 0.244 e. The molecule has 0 spiro atoms. The number of nitrogens with zero attached hydrogens (tertiary/aromatic N) is 1. The summed E-state index contributed by atoms with van der Waals surface area (Å²) in [5.41, 5.74) is 5.32. The Balaban J connectivity index is 4.08. The molecule has 76 valence electrons. The largest absolute Gasteiger partial charge is 0.347 e. The van der Waals surface area contributed by atoms with E-state index in [9.17, 15) is 9.59 Å². The Bertz CT molecular complexity index is 202. The van der Waals surface area contributed by atoms with Crippen LogP contribution in [0.2, 0.25) is 0 Å². The SMILES string of the molecule is CC(N)C(=O)NC(C)C(=O)N(C)C. The maximum Gasteiger partial charge on any atom is 0.244 e. The second kappa shape index (κ2) is 4.81. The maximum absolute atomic E-state index is 11.3. The van der Waals surface area contributed by atoms with E-state index in [1.54, 1.807) is 27.9 Å². The third-order valence-electron chi connectivity index (χ3n) is 1.58. The van der Waals surface area contributed by atoms with Gasteiger partial charge in [0.2, 0.25) is 11.8 Å². The summed E-state index contributed by atoms with van der Waals surface area (Å²) in [7, 11) is 3.27. The molecule has 0 aliphatic carbocycles. The van der Waals surface area contributed by atoms with Crippen molar-refractivity contribution >= 4 is 11.8 Å². The standard InChI is InChI=1S/C8H17N3O2/c1-5(9)7(12)10-6(2)8(13)11(3)4/h5-6H,9H2,1-4H3,(H,10,12). The monoisotopic (exact) mass is 187 g/mol. The molecule has 0 saturated carbocycles. The van der Waals surface area contributed by atoms with Crippen LogP contribution in [0.15, 0.2) is 0 Å². The molecule has 0 rings (SSSR count). The topological polar surface area (TPSA) is 75.4 Å². The Labute approximate surface area is 78.3 Å². The van der Waals surface area contributed by atoms with E-state index in [0.717, 1.165) is 0 Å². The highest BCUT2D eigenvalue weighted by Gasteiger charge is 2.18. The summed E-state index contributed by atoms with van der Waals surface area (Å²) in [4.78, 5) is 23.8. The quantitative estimate of drug-likeness (QED) is 0.590. The van der Waals surface area contributed by atoms with Crippen LogP contribution in [0.1, 0.15) is 13.8 Å². The van der Waals surface area contributed by atoms with Crippen molar-refractivity contribution in [2.45, 2.75) is 25.9 Å². The fourth-order valence-corrected chi connectivity index (χ4v) is 0.794. The van der Waals surface area contributed by atoms with Crippen LogP contribution in [-0.4, -0.2) is 42.9 Å². The summed E-state index contributed by atoms with van der Waals surface area (Å²) in [5, 5.41) is 2.51. The molecule has 0 aromatic heterocycles. The van der Waals surface area contributed by atoms with Gasteiger partial charge < -0.3 is 16.0 Å². The van der Waals surface area contributed by atoms with Crippen molar-refractivity contribution in [2.75, 3.05) is 14.1 Å². The Morgan fingerprint density at radius 3 is 2.08 bits per heavy atom. The van der Waals surface area contributed by atoms with Gasteiger partial charge in [0.15, 0.2) is 0 Å². The summed E-state index contributed by atoms with van der Waals surface area (Å²) >= 11 is 0. The number of hydrogen-bond acceptors (Lipinski definition) is 3.